The van der Waals surface area contributed by atoms with E-state index in [0.717, 1.165) is 13.0 Å². The Hall–Kier alpha value is -1.00. The molecule has 0 radical (unpaired) electrons. The van der Waals surface area contributed by atoms with Gasteiger partial charge >= 0.3 is 5.97 Å². The van der Waals surface area contributed by atoms with Crippen LogP contribution in [0.25, 0.3) is 0 Å². The Morgan fingerprint density at radius 1 is 1.40 bits per heavy atom. The highest BCUT2D eigenvalue weighted by Crippen LogP contribution is 2.27. The Morgan fingerprint density at radius 2 is 2.10 bits per heavy atom. The molecule has 0 aromatic heterocycles. The summed E-state index contributed by atoms with van der Waals surface area (Å²) >= 11 is 1.69. The van der Waals surface area contributed by atoms with E-state index in [1.54, 1.807) is 11.8 Å². The summed E-state index contributed by atoms with van der Waals surface area (Å²) in [6.07, 6.45) is 0.987. The van der Waals surface area contributed by atoms with Gasteiger partial charge in [0.1, 0.15) is 5.54 Å². The fraction of sp³-hybridized carbons (Fsp3) is 0.562. The van der Waals surface area contributed by atoms with Crippen LogP contribution in [-0.2, 0) is 9.53 Å². The van der Waals surface area contributed by atoms with Crippen LogP contribution in [0, 0.1) is 13.8 Å². The van der Waals surface area contributed by atoms with E-state index < -0.39 is 5.54 Å². The van der Waals surface area contributed by atoms with Crippen LogP contribution in [0.1, 0.15) is 31.4 Å². The van der Waals surface area contributed by atoms with Gasteiger partial charge in [0.2, 0.25) is 0 Å². The first-order chi connectivity index (χ1) is 9.42. The van der Waals surface area contributed by atoms with Gasteiger partial charge in [0.15, 0.2) is 0 Å². The van der Waals surface area contributed by atoms with E-state index in [-0.39, 0.29) is 5.97 Å². The maximum absolute atomic E-state index is 12.0. The predicted molar refractivity (Wildman–Crippen MR) is 85.4 cm³/mol. The second kappa shape index (κ2) is 7.70. The van der Waals surface area contributed by atoms with E-state index in [9.17, 15) is 4.79 Å². The molecular formula is C16H25NO2S. The fourth-order valence-corrected chi connectivity index (χ4v) is 3.11. The molecule has 4 heteroatoms. The Balaban J connectivity index is 2.77. The van der Waals surface area contributed by atoms with Crippen LogP contribution < -0.4 is 5.32 Å². The number of esters is 1. The fourth-order valence-electron chi connectivity index (χ4n) is 1.99. The SMILES string of the molecule is CCCNC(C)(CSc1ccc(C)cc1C)C(=O)OC. The highest BCUT2D eigenvalue weighted by molar-refractivity contribution is 7.99. The van der Waals surface area contributed by atoms with Gasteiger partial charge < -0.3 is 10.1 Å². The van der Waals surface area contributed by atoms with Gasteiger partial charge in [-0.1, -0.05) is 24.6 Å². The number of nitrogens with one attached hydrogen (secondary N) is 1. The molecule has 0 amide bonds. The number of benzene rings is 1. The highest BCUT2D eigenvalue weighted by atomic mass is 32.2. The second-order valence-corrected chi connectivity index (χ2v) is 6.33. The van der Waals surface area contributed by atoms with Crippen molar-refractivity contribution in [3.05, 3.63) is 29.3 Å². The molecule has 0 saturated carbocycles. The third-order valence-electron chi connectivity index (χ3n) is 3.25. The molecule has 1 aromatic rings. The maximum atomic E-state index is 12.0. The van der Waals surface area contributed by atoms with Crippen molar-refractivity contribution in [3.63, 3.8) is 0 Å². The topological polar surface area (TPSA) is 38.3 Å². The first-order valence-electron chi connectivity index (χ1n) is 6.96. The van der Waals surface area contributed by atoms with Gasteiger partial charge in [-0.2, -0.15) is 0 Å². The zero-order chi connectivity index (χ0) is 15.2. The minimum Gasteiger partial charge on any atom is -0.468 e. The molecule has 0 aliphatic heterocycles. The average Bonchev–Trinajstić information content (AvgIpc) is 2.43. The zero-order valence-corrected chi connectivity index (χ0v) is 13.9. The van der Waals surface area contributed by atoms with E-state index in [1.165, 1.54) is 23.1 Å². The first-order valence-corrected chi connectivity index (χ1v) is 7.95. The molecule has 0 heterocycles. The van der Waals surface area contributed by atoms with E-state index in [0.29, 0.717) is 5.75 Å². The van der Waals surface area contributed by atoms with Crippen molar-refractivity contribution in [2.45, 2.75) is 44.6 Å². The van der Waals surface area contributed by atoms with E-state index in [4.69, 9.17) is 4.74 Å². The summed E-state index contributed by atoms with van der Waals surface area (Å²) in [7, 11) is 1.44. The summed E-state index contributed by atoms with van der Waals surface area (Å²) in [5, 5.41) is 3.30. The van der Waals surface area contributed by atoms with Gasteiger partial charge in [0.25, 0.3) is 0 Å². The maximum Gasteiger partial charge on any atom is 0.326 e. The van der Waals surface area contributed by atoms with Gasteiger partial charge in [-0.05, 0) is 45.4 Å². The summed E-state index contributed by atoms with van der Waals surface area (Å²) < 4.78 is 4.94. The average molecular weight is 295 g/mol. The lowest BCUT2D eigenvalue weighted by Crippen LogP contribution is -2.52. The molecule has 1 unspecified atom stereocenters. The van der Waals surface area contributed by atoms with E-state index in [2.05, 4.69) is 44.3 Å². The highest BCUT2D eigenvalue weighted by Gasteiger charge is 2.33. The van der Waals surface area contributed by atoms with E-state index >= 15 is 0 Å². The number of methoxy groups -OCH3 is 1. The van der Waals surface area contributed by atoms with Gasteiger partial charge in [0, 0.05) is 10.6 Å². The quantitative estimate of drug-likeness (QED) is 0.618. The molecule has 0 spiro atoms. The Bertz CT molecular complexity index is 462. The normalized spacial score (nSPS) is 13.8. The van der Waals surface area contributed by atoms with Crippen molar-refractivity contribution < 1.29 is 9.53 Å². The van der Waals surface area contributed by atoms with Crippen molar-refractivity contribution >= 4 is 17.7 Å². The second-order valence-electron chi connectivity index (χ2n) is 5.31. The van der Waals surface area contributed by atoms with Crippen LogP contribution in [0.3, 0.4) is 0 Å². The molecule has 1 atom stereocenters. The van der Waals surface area contributed by atoms with Crippen molar-refractivity contribution in [2.24, 2.45) is 0 Å². The Morgan fingerprint density at radius 3 is 2.65 bits per heavy atom. The zero-order valence-electron chi connectivity index (χ0n) is 13.1. The molecule has 0 aliphatic carbocycles. The number of carbonyl (C=O) groups is 1. The summed E-state index contributed by atoms with van der Waals surface area (Å²) in [6, 6.07) is 6.38. The number of rotatable bonds is 7. The molecule has 3 nitrogen and oxygen atoms in total. The third kappa shape index (κ3) is 4.53. The Labute approximate surface area is 126 Å². The molecule has 20 heavy (non-hydrogen) atoms. The molecule has 1 rings (SSSR count). The standard InChI is InChI=1S/C16H25NO2S/c1-6-9-17-16(4,15(18)19-5)11-20-14-8-7-12(2)10-13(14)3/h7-8,10,17H,6,9,11H2,1-5H3. The Kier molecular flexibility index (Phi) is 6.56. The molecule has 0 fully saturated rings. The summed E-state index contributed by atoms with van der Waals surface area (Å²) in [5.74, 6) is 0.451. The minimum absolute atomic E-state index is 0.205. The van der Waals surface area contributed by atoms with Crippen molar-refractivity contribution in [1.29, 1.82) is 0 Å². The minimum atomic E-state index is -0.646. The molecule has 0 bridgehead atoms. The number of hydrogen-bond donors (Lipinski definition) is 1. The van der Waals surface area contributed by atoms with Crippen LogP contribution in [0.15, 0.2) is 23.1 Å². The third-order valence-corrected chi connectivity index (χ3v) is 4.74. The molecule has 112 valence electrons. The number of hydrogen-bond acceptors (Lipinski definition) is 4. The van der Waals surface area contributed by atoms with Gasteiger partial charge in [0.05, 0.1) is 7.11 Å². The largest absolute Gasteiger partial charge is 0.468 e. The molecular weight excluding hydrogens is 270 g/mol. The molecule has 1 aromatic carbocycles. The summed E-state index contributed by atoms with van der Waals surface area (Å²) in [6.45, 7) is 8.99. The summed E-state index contributed by atoms with van der Waals surface area (Å²) in [5.41, 5.74) is 1.86. The van der Waals surface area contributed by atoms with E-state index in [1.807, 2.05) is 6.92 Å². The van der Waals surface area contributed by atoms with Crippen molar-refractivity contribution in [3.8, 4) is 0 Å². The van der Waals surface area contributed by atoms with Gasteiger partial charge in [-0.15, -0.1) is 11.8 Å². The van der Waals surface area contributed by atoms with Gasteiger partial charge in [-0.3, -0.25) is 4.79 Å². The lowest BCUT2D eigenvalue weighted by Gasteiger charge is -2.27. The van der Waals surface area contributed by atoms with Gasteiger partial charge in [-0.25, -0.2) is 0 Å². The van der Waals surface area contributed by atoms with Crippen LogP contribution in [0.5, 0.6) is 0 Å². The van der Waals surface area contributed by atoms with Crippen molar-refractivity contribution in [2.75, 3.05) is 19.4 Å². The number of thioether (sulfide) groups is 1. The van der Waals surface area contributed by atoms with Crippen LogP contribution in [0.2, 0.25) is 0 Å². The molecule has 0 saturated heterocycles. The van der Waals surface area contributed by atoms with Crippen LogP contribution in [-0.4, -0.2) is 30.9 Å². The first kappa shape index (κ1) is 17.1. The molecule has 1 N–H and O–H groups in total. The van der Waals surface area contributed by atoms with Crippen molar-refractivity contribution in [1.82, 2.24) is 5.32 Å². The number of ether oxygens (including phenoxy) is 1. The van der Waals surface area contributed by atoms with Crippen LogP contribution in [0.4, 0.5) is 0 Å². The van der Waals surface area contributed by atoms with Crippen LogP contribution >= 0.6 is 11.8 Å². The predicted octanol–water partition coefficient (Wildman–Crippen LogP) is 3.33. The lowest BCUT2D eigenvalue weighted by atomic mass is 10.1. The lowest BCUT2D eigenvalue weighted by molar-refractivity contribution is -0.146. The summed E-state index contributed by atoms with van der Waals surface area (Å²) in [4.78, 5) is 13.2. The smallest absolute Gasteiger partial charge is 0.326 e. The number of aryl methyl sites for hydroxylation is 2. The number of carbonyl (C=O) groups excluding carboxylic acids is 1. The molecule has 0 aliphatic rings. The monoisotopic (exact) mass is 295 g/mol.